The fourth-order valence-electron chi connectivity index (χ4n) is 2.52. The Morgan fingerprint density at radius 2 is 1.69 bits per heavy atom. The van der Waals surface area contributed by atoms with Gasteiger partial charge in [-0.2, -0.15) is 0 Å². The predicted octanol–water partition coefficient (Wildman–Crippen LogP) is 3.27. The molecule has 26 heavy (non-hydrogen) atoms. The Bertz CT molecular complexity index is 911. The molecule has 2 aromatic carbocycles. The minimum atomic E-state index is -3.96. The van der Waals surface area contributed by atoms with Crippen LogP contribution in [0.4, 0.5) is 5.69 Å². The summed E-state index contributed by atoms with van der Waals surface area (Å²) >= 11 is 11.9. The fourth-order valence-corrected chi connectivity index (χ4v) is 4.23. The van der Waals surface area contributed by atoms with E-state index in [1.165, 1.54) is 30.3 Å². The molecule has 0 saturated carbocycles. The quantitative estimate of drug-likeness (QED) is 0.832. The minimum Gasteiger partial charge on any atom is -0.378 e. The van der Waals surface area contributed by atoms with E-state index in [-0.39, 0.29) is 21.4 Å². The van der Waals surface area contributed by atoms with Gasteiger partial charge in [-0.1, -0.05) is 23.2 Å². The van der Waals surface area contributed by atoms with Crippen molar-refractivity contribution < 1.29 is 17.9 Å². The zero-order chi connectivity index (χ0) is 18.7. The van der Waals surface area contributed by atoms with Crippen LogP contribution in [0.15, 0.2) is 47.4 Å². The lowest BCUT2D eigenvalue weighted by Gasteiger charge is -2.27. The molecule has 3 rings (SSSR count). The molecule has 1 saturated heterocycles. The Balaban J connectivity index is 1.88. The first-order valence-electron chi connectivity index (χ1n) is 7.82. The van der Waals surface area contributed by atoms with Crippen LogP contribution in [0.5, 0.6) is 0 Å². The van der Waals surface area contributed by atoms with Crippen LogP contribution in [0, 0.1) is 0 Å². The summed E-state index contributed by atoms with van der Waals surface area (Å²) in [6.45, 7) is 1.85. The van der Waals surface area contributed by atoms with E-state index in [1.54, 1.807) is 17.0 Å². The van der Waals surface area contributed by atoms with E-state index in [0.717, 1.165) is 0 Å². The molecule has 0 bridgehead atoms. The Labute approximate surface area is 161 Å². The molecule has 1 aliphatic heterocycles. The maximum Gasteiger partial charge on any atom is 0.263 e. The Kier molecular flexibility index (Phi) is 5.72. The van der Waals surface area contributed by atoms with Gasteiger partial charge in [0.1, 0.15) is 4.90 Å². The van der Waals surface area contributed by atoms with Gasteiger partial charge in [0, 0.05) is 29.4 Å². The molecule has 0 aliphatic carbocycles. The van der Waals surface area contributed by atoms with E-state index >= 15 is 0 Å². The van der Waals surface area contributed by atoms with Crippen molar-refractivity contribution in [2.75, 3.05) is 31.0 Å². The second-order valence-electron chi connectivity index (χ2n) is 5.66. The number of hydrogen-bond acceptors (Lipinski definition) is 4. The van der Waals surface area contributed by atoms with E-state index in [2.05, 4.69) is 4.72 Å². The average Bonchev–Trinajstić information content (AvgIpc) is 2.64. The van der Waals surface area contributed by atoms with Gasteiger partial charge in [0.05, 0.1) is 18.2 Å². The number of rotatable bonds is 4. The largest absolute Gasteiger partial charge is 0.378 e. The summed E-state index contributed by atoms with van der Waals surface area (Å²) in [5, 5.41) is 0.522. The van der Waals surface area contributed by atoms with Gasteiger partial charge < -0.3 is 9.64 Å². The SMILES string of the molecule is O=C(c1ccc(Cl)c(S(=O)(=O)Nc2ccc(Cl)cc2)c1)N1CCOCC1. The second-order valence-corrected chi connectivity index (χ2v) is 8.16. The van der Waals surface area contributed by atoms with Gasteiger partial charge in [-0.05, 0) is 42.5 Å². The van der Waals surface area contributed by atoms with Crippen molar-refractivity contribution in [3.8, 4) is 0 Å². The van der Waals surface area contributed by atoms with Crippen molar-refractivity contribution in [3.05, 3.63) is 58.1 Å². The molecule has 1 amide bonds. The van der Waals surface area contributed by atoms with Crippen LogP contribution in [0.3, 0.4) is 0 Å². The number of amides is 1. The molecule has 0 aromatic heterocycles. The maximum absolute atomic E-state index is 12.7. The first kappa shape index (κ1) is 19.0. The van der Waals surface area contributed by atoms with E-state index < -0.39 is 10.0 Å². The maximum atomic E-state index is 12.7. The number of sulfonamides is 1. The lowest BCUT2D eigenvalue weighted by Crippen LogP contribution is -2.40. The molecule has 0 unspecified atom stereocenters. The van der Waals surface area contributed by atoms with E-state index in [0.29, 0.717) is 37.0 Å². The van der Waals surface area contributed by atoms with Gasteiger partial charge in [0.15, 0.2) is 0 Å². The summed E-state index contributed by atoms with van der Waals surface area (Å²) in [4.78, 5) is 14.0. The highest BCUT2D eigenvalue weighted by Gasteiger charge is 2.23. The monoisotopic (exact) mass is 414 g/mol. The molecular formula is C17H16Cl2N2O4S. The van der Waals surface area contributed by atoms with Gasteiger partial charge in [-0.25, -0.2) is 8.42 Å². The summed E-state index contributed by atoms with van der Waals surface area (Å²) < 4.78 is 33.0. The van der Waals surface area contributed by atoms with Gasteiger partial charge in [-0.3, -0.25) is 9.52 Å². The summed E-state index contributed by atoms with van der Waals surface area (Å²) in [5.41, 5.74) is 0.600. The van der Waals surface area contributed by atoms with Crippen LogP contribution in [-0.4, -0.2) is 45.5 Å². The van der Waals surface area contributed by atoms with Crippen molar-refractivity contribution in [2.24, 2.45) is 0 Å². The van der Waals surface area contributed by atoms with Crippen molar-refractivity contribution in [3.63, 3.8) is 0 Å². The molecule has 0 spiro atoms. The number of carbonyl (C=O) groups excluding carboxylic acids is 1. The summed E-state index contributed by atoms with van der Waals surface area (Å²) in [6.07, 6.45) is 0. The van der Waals surface area contributed by atoms with E-state index in [1.807, 2.05) is 0 Å². The zero-order valence-electron chi connectivity index (χ0n) is 13.6. The molecular weight excluding hydrogens is 399 g/mol. The number of benzene rings is 2. The van der Waals surface area contributed by atoms with Gasteiger partial charge in [-0.15, -0.1) is 0 Å². The molecule has 1 heterocycles. The number of morpholine rings is 1. The summed E-state index contributed by atoms with van der Waals surface area (Å²) in [7, 11) is -3.96. The average molecular weight is 415 g/mol. The van der Waals surface area contributed by atoms with Crippen LogP contribution < -0.4 is 4.72 Å². The molecule has 6 nitrogen and oxygen atoms in total. The van der Waals surface area contributed by atoms with Crippen molar-refractivity contribution in [1.29, 1.82) is 0 Å². The summed E-state index contributed by atoms with van der Waals surface area (Å²) in [6, 6.07) is 10.4. The number of ether oxygens (including phenoxy) is 1. The van der Waals surface area contributed by atoms with Crippen LogP contribution in [0.1, 0.15) is 10.4 Å². The molecule has 2 aromatic rings. The summed E-state index contributed by atoms with van der Waals surface area (Å²) in [5.74, 6) is -0.257. The third-order valence-corrected chi connectivity index (χ3v) is 5.98. The number of carbonyl (C=O) groups is 1. The van der Waals surface area contributed by atoms with Crippen LogP contribution >= 0.6 is 23.2 Å². The molecule has 1 fully saturated rings. The third kappa shape index (κ3) is 4.29. The smallest absolute Gasteiger partial charge is 0.263 e. The van der Waals surface area contributed by atoms with Crippen LogP contribution in [0.2, 0.25) is 10.0 Å². The number of hydrogen-bond donors (Lipinski definition) is 1. The molecule has 1 N–H and O–H groups in total. The van der Waals surface area contributed by atoms with E-state index in [9.17, 15) is 13.2 Å². The molecule has 138 valence electrons. The normalized spacial score (nSPS) is 14.9. The highest BCUT2D eigenvalue weighted by molar-refractivity contribution is 7.92. The van der Waals surface area contributed by atoms with Crippen LogP contribution in [-0.2, 0) is 14.8 Å². The number of anilines is 1. The fraction of sp³-hybridized carbons (Fsp3) is 0.235. The van der Waals surface area contributed by atoms with Crippen molar-refractivity contribution in [1.82, 2.24) is 4.90 Å². The Morgan fingerprint density at radius 3 is 2.35 bits per heavy atom. The van der Waals surface area contributed by atoms with Gasteiger partial charge >= 0.3 is 0 Å². The minimum absolute atomic E-state index is 0.0324. The molecule has 0 atom stereocenters. The number of halogens is 2. The van der Waals surface area contributed by atoms with Crippen LogP contribution in [0.25, 0.3) is 0 Å². The van der Waals surface area contributed by atoms with Gasteiger partial charge in [0.2, 0.25) is 0 Å². The van der Waals surface area contributed by atoms with Crippen molar-refractivity contribution >= 4 is 44.8 Å². The first-order valence-corrected chi connectivity index (χ1v) is 10.1. The lowest BCUT2D eigenvalue weighted by atomic mass is 10.2. The molecule has 0 radical (unpaired) electrons. The Morgan fingerprint density at radius 1 is 1.04 bits per heavy atom. The highest BCUT2D eigenvalue weighted by atomic mass is 35.5. The topological polar surface area (TPSA) is 75.7 Å². The van der Waals surface area contributed by atoms with Crippen molar-refractivity contribution in [2.45, 2.75) is 4.90 Å². The molecule has 9 heteroatoms. The first-order chi connectivity index (χ1) is 12.4. The zero-order valence-corrected chi connectivity index (χ0v) is 15.9. The number of nitrogens with one attached hydrogen (secondary N) is 1. The molecule has 1 aliphatic rings. The lowest BCUT2D eigenvalue weighted by molar-refractivity contribution is 0.0302. The Hall–Kier alpha value is -1.80. The third-order valence-electron chi connectivity index (χ3n) is 3.86. The van der Waals surface area contributed by atoms with E-state index in [4.69, 9.17) is 27.9 Å². The standard InChI is InChI=1S/C17H16Cl2N2O4S/c18-13-2-4-14(5-3-13)20-26(23,24)16-11-12(1-6-15(16)19)17(22)21-7-9-25-10-8-21/h1-6,11,20H,7-10H2. The van der Waals surface area contributed by atoms with Gasteiger partial charge in [0.25, 0.3) is 15.9 Å². The predicted molar refractivity (Wildman–Crippen MR) is 100 cm³/mol. The highest BCUT2D eigenvalue weighted by Crippen LogP contribution is 2.26. The second kappa shape index (κ2) is 7.84. The number of nitrogens with zero attached hydrogens (tertiary/aromatic N) is 1.